The van der Waals surface area contributed by atoms with E-state index in [1.165, 1.54) is 13.1 Å². The molecule has 5 nitrogen and oxygen atoms in total. The largest absolute Gasteiger partial charge is 0.356 e. The van der Waals surface area contributed by atoms with Crippen molar-refractivity contribution in [2.24, 2.45) is 5.92 Å². The minimum absolute atomic E-state index is 0.0538. The summed E-state index contributed by atoms with van der Waals surface area (Å²) < 4.78 is 0. The molecular weight excluding hydrogens is 240 g/mol. The first kappa shape index (κ1) is 16.4. The summed E-state index contributed by atoms with van der Waals surface area (Å²) in [5.41, 5.74) is 0. The molecule has 1 heterocycles. The van der Waals surface area contributed by atoms with Crippen molar-refractivity contribution < 1.29 is 4.79 Å². The van der Waals surface area contributed by atoms with E-state index in [1.54, 1.807) is 0 Å². The first-order valence-corrected chi connectivity index (χ1v) is 7.54. The molecule has 0 aromatic heterocycles. The van der Waals surface area contributed by atoms with E-state index in [1.807, 2.05) is 14.0 Å². The quantitative estimate of drug-likeness (QED) is 0.609. The van der Waals surface area contributed by atoms with Gasteiger partial charge in [-0.25, -0.2) is 0 Å². The molecule has 1 aliphatic heterocycles. The Bertz CT molecular complexity index is 252. The van der Waals surface area contributed by atoms with Gasteiger partial charge in [0, 0.05) is 45.2 Å². The molecule has 5 heteroatoms. The molecule has 0 saturated carbocycles. The number of likely N-dealkylation sites (N-methyl/N-ethyl adjacent to an activating group) is 1. The lowest BCUT2D eigenvalue weighted by Gasteiger charge is -2.34. The van der Waals surface area contributed by atoms with Crippen LogP contribution < -0.4 is 10.6 Å². The Morgan fingerprint density at radius 3 is 2.42 bits per heavy atom. The van der Waals surface area contributed by atoms with Gasteiger partial charge in [-0.05, 0) is 26.6 Å². The van der Waals surface area contributed by atoms with Crippen LogP contribution in [0.25, 0.3) is 0 Å². The lowest BCUT2D eigenvalue weighted by molar-refractivity contribution is -0.124. The molecule has 1 rings (SSSR count). The van der Waals surface area contributed by atoms with Gasteiger partial charge in [0.1, 0.15) is 0 Å². The maximum absolute atomic E-state index is 11.7. The Labute approximate surface area is 117 Å². The van der Waals surface area contributed by atoms with Gasteiger partial charge >= 0.3 is 0 Å². The molecule has 1 saturated heterocycles. The lowest BCUT2D eigenvalue weighted by atomic mass is 10.1. The van der Waals surface area contributed by atoms with Gasteiger partial charge in [0.25, 0.3) is 0 Å². The Morgan fingerprint density at radius 2 is 1.84 bits per heavy atom. The number of rotatable bonds is 8. The third kappa shape index (κ3) is 6.36. The van der Waals surface area contributed by atoms with Crippen LogP contribution in [0.1, 0.15) is 20.3 Å². The zero-order valence-corrected chi connectivity index (χ0v) is 12.7. The molecule has 1 amide bonds. The molecule has 112 valence electrons. The Balaban J connectivity index is 2.03. The zero-order chi connectivity index (χ0) is 14.1. The number of hydrogen-bond donors (Lipinski definition) is 2. The highest BCUT2D eigenvalue weighted by atomic mass is 16.1. The van der Waals surface area contributed by atoms with E-state index in [9.17, 15) is 4.79 Å². The summed E-state index contributed by atoms with van der Waals surface area (Å²) in [4.78, 5) is 16.7. The third-order valence-electron chi connectivity index (χ3n) is 3.82. The second-order valence-corrected chi connectivity index (χ2v) is 5.38. The van der Waals surface area contributed by atoms with E-state index in [0.717, 1.165) is 45.7 Å². The van der Waals surface area contributed by atoms with E-state index >= 15 is 0 Å². The second kappa shape index (κ2) is 9.28. The van der Waals surface area contributed by atoms with Crippen molar-refractivity contribution in [2.75, 3.05) is 59.4 Å². The van der Waals surface area contributed by atoms with Crippen LogP contribution in [0.2, 0.25) is 0 Å². The normalized spacial score (nSPS) is 19.3. The molecule has 0 spiro atoms. The highest BCUT2D eigenvalue weighted by molar-refractivity contribution is 5.78. The Kier molecular flexibility index (Phi) is 8.02. The topological polar surface area (TPSA) is 47.6 Å². The highest BCUT2D eigenvalue weighted by Crippen LogP contribution is 2.01. The minimum atomic E-state index is 0.0538. The van der Waals surface area contributed by atoms with Crippen LogP contribution in [-0.4, -0.2) is 75.1 Å². The highest BCUT2D eigenvalue weighted by Gasteiger charge is 2.15. The summed E-state index contributed by atoms with van der Waals surface area (Å²) in [6.07, 6.45) is 1.05. The van der Waals surface area contributed by atoms with Gasteiger partial charge in [-0.3, -0.25) is 4.79 Å². The van der Waals surface area contributed by atoms with Gasteiger partial charge in [0.15, 0.2) is 0 Å². The van der Waals surface area contributed by atoms with Gasteiger partial charge in [-0.2, -0.15) is 0 Å². The fraction of sp³-hybridized carbons (Fsp3) is 0.929. The molecule has 1 atom stereocenters. The molecule has 0 aromatic carbocycles. The molecule has 1 fully saturated rings. The van der Waals surface area contributed by atoms with Crippen LogP contribution in [0, 0.1) is 5.92 Å². The summed E-state index contributed by atoms with van der Waals surface area (Å²) in [5.74, 6) is 0.211. The van der Waals surface area contributed by atoms with E-state index in [2.05, 4.69) is 27.4 Å². The maximum Gasteiger partial charge on any atom is 0.224 e. The molecule has 19 heavy (non-hydrogen) atoms. The van der Waals surface area contributed by atoms with Crippen molar-refractivity contribution in [2.45, 2.75) is 20.3 Å². The lowest BCUT2D eigenvalue weighted by Crippen LogP contribution is -2.46. The average Bonchev–Trinajstić information content (AvgIpc) is 2.44. The standard InChI is InChI=1S/C14H30N4O/c1-4-17-8-10-18(11-9-17)7-5-6-16-14(19)13(2)12-15-3/h13,15H,4-12H2,1-3H3,(H,16,19). The van der Waals surface area contributed by atoms with Crippen LogP contribution in [0.5, 0.6) is 0 Å². The van der Waals surface area contributed by atoms with Crippen LogP contribution in [0.3, 0.4) is 0 Å². The number of carbonyl (C=O) groups is 1. The van der Waals surface area contributed by atoms with E-state index in [4.69, 9.17) is 0 Å². The van der Waals surface area contributed by atoms with E-state index in [0.29, 0.717) is 0 Å². The molecule has 0 aliphatic carbocycles. The van der Waals surface area contributed by atoms with Crippen LogP contribution >= 0.6 is 0 Å². The number of hydrogen-bond acceptors (Lipinski definition) is 4. The number of amides is 1. The van der Waals surface area contributed by atoms with Crippen molar-refractivity contribution in [3.63, 3.8) is 0 Å². The molecule has 1 aliphatic rings. The summed E-state index contributed by atoms with van der Waals surface area (Å²) in [6, 6.07) is 0. The fourth-order valence-electron chi connectivity index (χ4n) is 2.42. The predicted molar refractivity (Wildman–Crippen MR) is 79.3 cm³/mol. The summed E-state index contributed by atoms with van der Waals surface area (Å²) in [6.45, 7) is 12.7. The molecule has 1 unspecified atom stereocenters. The van der Waals surface area contributed by atoms with Gasteiger partial charge in [0.05, 0.1) is 0 Å². The number of piperazine rings is 1. The van der Waals surface area contributed by atoms with Gasteiger partial charge in [-0.15, -0.1) is 0 Å². The molecule has 2 N–H and O–H groups in total. The van der Waals surface area contributed by atoms with Crippen LogP contribution in [-0.2, 0) is 4.79 Å². The van der Waals surface area contributed by atoms with Crippen LogP contribution in [0.15, 0.2) is 0 Å². The third-order valence-corrected chi connectivity index (χ3v) is 3.82. The zero-order valence-electron chi connectivity index (χ0n) is 12.7. The van der Waals surface area contributed by atoms with E-state index < -0.39 is 0 Å². The van der Waals surface area contributed by atoms with Gasteiger partial charge in [-0.1, -0.05) is 13.8 Å². The number of nitrogens with zero attached hydrogens (tertiary/aromatic N) is 2. The van der Waals surface area contributed by atoms with Gasteiger partial charge in [0.2, 0.25) is 5.91 Å². The molecular formula is C14H30N4O. The SMILES string of the molecule is CCN1CCN(CCCNC(=O)C(C)CNC)CC1. The summed E-state index contributed by atoms with van der Waals surface area (Å²) >= 11 is 0. The first-order valence-electron chi connectivity index (χ1n) is 7.54. The molecule has 0 aromatic rings. The average molecular weight is 270 g/mol. The monoisotopic (exact) mass is 270 g/mol. The molecule has 0 radical (unpaired) electrons. The summed E-state index contributed by atoms with van der Waals surface area (Å²) in [5, 5.41) is 6.04. The minimum Gasteiger partial charge on any atom is -0.356 e. The Morgan fingerprint density at radius 1 is 1.21 bits per heavy atom. The first-order chi connectivity index (χ1) is 9.17. The van der Waals surface area contributed by atoms with Crippen molar-refractivity contribution in [1.82, 2.24) is 20.4 Å². The van der Waals surface area contributed by atoms with Crippen molar-refractivity contribution in [3.05, 3.63) is 0 Å². The van der Waals surface area contributed by atoms with Crippen molar-refractivity contribution in [1.29, 1.82) is 0 Å². The predicted octanol–water partition coefficient (Wildman–Crippen LogP) is -0.0143. The fourth-order valence-corrected chi connectivity index (χ4v) is 2.42. The van der Waals surface area contributed by atoms with Gasteiger partial charge < -0.3 is 20.4 Å². The maximum atomic E-state index is 11.7. The number of carbonyl (C=O) groups excluding carboxylic acids is 1. The Hall–Kier alpha value is -0.650. The molecule has 0 bridgehead atoms. The second-order valence-electron chi connectivity index (χ2n) is 5.38. The van der Waals surface area contributed by atoms with Crippen LogP contribution in [0.4, 0.5) is 0 Å². The smallest absolute Gasteiger partial charge is 0.224 e. The van der Waals surface area contributed by atoms with Crippen molar-refractivity contribution >= 4 is 5.91 Å². The summed E-state index contributed by atoms with van der Waals surface area (Å²) in [7, 11) is 1.87. The van der Waals surface area contributed by atoms with E-state index in [-0.39, 0.29) is 11.8 Å². The van der Waals surface area contributed by atoms with Crippen molar-refractivity contribution in [3.8, 4) is 0 Å². The number of nitrogens with one attached hydrogen (secondary N) is 2.